The number of benzene rings is 2. The molecule has 2 aromatic rings. The van der Waals surface area contributed by atoms with Crippen LogP contribution >= 0.6 is 0 Å². The molecule has 0 bridgehead atoms. The molecule has 1 aliphatic heterocycles. The second kappa shape index (κ2) is 10.3. The van der Waals surface area contributed by atoms with E-state index in [9.17, 15) is 9.59 Å². The Bertz CT molecular complexity index is 1200. The Morgan fingerprint density at radius 2 is 1.77 bits per heavy atom. The molecule has 0 saturated carbocycles. The summed E-state index contributed by atoms with van der Waals surface area (Å²) in [5.74, 6) is 0.410. The normalized spacial score (nSPS) is 21.5. The second-order valence-corrected chi connectivity index (χ2v) is 8.63. The number of allylic oxidation sites excluding steroid dienone is 3. The first-order valence-corrected chi connectivity index (χ1v) is 11.7. The highest BCUT2D eigenvalue weighted by Crippen LogP contribution is 2.47. The van der Waals surface area contributed by atoms with Gasteiger partial charge in [0, 0.05) is 29.7 Å². The van der Waals surface area contributed by atoms with E-state index in [0.29, 0.717) is 41.5 Å². The lowest BCUT2D eigenvalue weighted by Crippen LogP contribution is -2.41. The van der Waals surface area contributed by atoms with Crippen molar-refractivity contribution >= 4 is 11.8 Å². The third-order valence-corrected chi connectivity index (χ3v) is 6.63. The molecule has 3 unspecified atom stereocenters. The van der Waals surface area contributed by atoms with Crippen LogP contribution in [0, 0.1) is 5.92 Å². The van der Waals surface area contributed by atoms with Gasteiger partial charge >= 0.3 is 5.97 Å². The second-order valence-electron chi connectivity index (χ2n) is 8.63. The molecule has 0 radical (unpaired) electrons. The van der Waals surface area contributed by atoms with E-state index in [1.807, 2.05) is 56.3 Å². The van der Waals surface area contributed by atoms with Gasteiger partial charge in [0.25, 0.3) is 0 Å². The van der Waals surface area contributed by atoms with Gasteiger partial charge in [0.1, 0.15) is 11.5 Å². The van der Waals surface area contributed by atoms with Crippen LogP contribution in [0.4, 0.5) is 0 Å². The van der Waals surface area contributed by atoms with Crippen molar-refractivity contribution in [1.82, 2.24) is 5.32 Å². The molecular weight excluding hydrogens is 446 g/mol. The molecule has 7 nitrogen and oxygen atoms in total. The number of hydrogen-bond donors (Lipinski definition) is 1. The molecule has 0 saturated heterocycles. The highest BCUT2D eigenvalue weighted by molar-refractivity contribution is 5.96. The average molecular weight is 478 g/mol. The fourth-order valence-electron chi connectivity index (χ4n) is 5.08. The van der Waals surface area contributed by atoms with Crippen molar-refractivity contribution < 1.29 is 28.5 Å². The molecular formula is C28H31NO6. The first-order valence-electron chi connectivity index (χ1n) is 11.7. The van der Waals surface area contributed by atoms with Crippen LogP contribution in [-0.2, 0) is 14.3 Å². The van der Waals surface area contributed by atoms with Crippen LogP contribution in [0.15, 0.2) is 65.5 Å². The molecule has 0 aromatic heterocycles. The maximum Gasteiger partial charge on any atom is 0.336 e. The van der Waals surface area contributed by atoms with Crippen molar-refractivity contribution in [3.63, 3.8) is 0 Å². The number of carbonyl (C=O) groups excluding carboxylic acids is 2. The lowest BCUT2D eigenvalue weighted by atomic mass is 9.68. The number of methoxy groups -OCH3 is 3. The minimum absolute atomic E-state index is 0.0514. The standard InChI is InChI=1S/C28H31NO6/c1-6-35-20-9-7-8-18(12-20)26-25(28(31)34-5)16(2)29-21-13-19(14-22(30)27(21)26)17-10-11-23(32-3)24(15-17)33-4/h7-13,15,19,26-27,29H,6,14H2,1-5H3. The molecule has 1 N–H and O–H groups in total. The summed E-state index contributed by atoms with van der Waals surface area (Å²) < 4.78 is 21.6. The summed E-state index contributed by atoms with van der Waals surface area (Å²) in [6.07, 6.45) is 2.39. The van der Waals surface area contributed by atoms with Crippen LogP contribution in [-0.4, -0.2) is 39.7 Å². The van der Waals surface area contributed by atoms with Gasteiger partial charge in [-0.2, -0.15) is 0 Å². The van der Waals surface area contributed by atoms with E-state index in [1.54, 1.807) is 14.2 Å². The minimum atomic E-state index is -0.527. The van der Waals surface area contributed by atoms with E-state index in [0.717, 1.165) is 16.8 Å². The van der Waals surface area contributed by atoms with E-state index in [2.05, 4.69) is 11.4 Å². The van der Waals surface area contributed by atoms with Crippen LogP contribution in [0.25, 0.3) is 0 Å². The van der Waals surface area contributed by atoms with Crippen LogP contribution < -0.4 is 19.5 Å². The zero-order valence-electron chi connectivity index (χ0n) is 20.7. The van der Waals surface area contributed by atoms with Gasteiger partial charge in [-0.25, -0.2) is 4.79 Å². The molecule has 2 aromatic carbocycles. The molecule has 3 atom stereocenters. The third-order valence-electron chi connectivity index (χ3n) is 6.63. The van der Waals surface area contributed by atoms with Gasteiger partial charge in [-0.1, -0.05) is 24.3 Å². The number of Topliss-reactive ketones (excluding diaryl/α,β-unsaturated/α-hetero) is 1. The summed E-state index contributed by atoms with van der Waals surface area (Å²) in [7, 11) is 4.54. The minimum Gasteiger partial charge on any atom is -0.494 e. The Labute approximate surface area is 205 Å². The van der Waals surface area contributed by atoms with Crippen molar-refractivity contribution in [1.29, 1.82) is 0 Å². The highest BCUT2D eigenvalue weighted by atomic mass is 16.5. The molecule has 0 spiro atoms. The smallest absolute Gasteiger partial charge is 0.336 e. The number of ether oxygens (including phenoxy) is 4. The number of hydrogen-bond acceptors (Lipinski definition) is 7. The Morgan fingerprint density at radius 1 is 1.00 bits per heavy atom. The Morgan fingerprint density at radius 3 is 2.46 bits per heavy atom. The topological polar surface area (TPSA) is 83.1 Å². The summed E-state index contributed by atoms with van der Waals surface area (Å²) in [5.41, 5.74) is 3.72. The zero-order chi connectivity index (χ0) is 25.1. The predicted molar refractivity (Wildman–Crippen MR) is 132 cm³/mol. The van der Waals surface area contributed by atoms with Gasteiger partial charge in [0.15, 0.2) is 11.5 Å². The fraction of sp³-hybridized carbons (Fsp3) is 0.357. The molecule has 1 aliphatic carbocycles. The van der Waals surface area contributed by atoms with Crippen molar-refractivity contribution in [2.45, 2.75) is 32.1 Å². The van der Waals surface area contributed by atoms with Gasteiger partial charge in [0.05, 0.1) is 39.4 Å². The molecule has 184 valence electrons. The fourth-order valence-corrected chi connectivity index (χ4v) is 5.08. The lowest BCUT2D eigenvalue weighted by molar-refractivity contribution is -0.136. The van der Waals surface area contributed by atoms with Crippen LogP contribution in [0.5, 0.6) is 17.2 Å². The summed E-state index contributed by atoms with van der Waals surface area (Å²) in [6.45, 7) is 4.28. The van der Waals surface area contributed by atoms with Crippen molar-refractivity contribution in [3.05, 3.63) is 76.6 Å². The van der Waals surface area contributed by atoms with Crippen LogP contribution in [0.2, 0.25) is 0 Å². The van der Waals surface area contributed by atoms with Crippen LogP contribution in [0.3, 0.4) is 0 Å². The molecule has 4 rings (SSSR count). The van der Waals surface area contributed by atoms with Crippen molar-refractivity contribution in [2.75, 3.05) is 27.9 Å². The van der Waals surface area contributed by atoms with Gasteiger partial charge in [0.2, 0.25) is 0 Å². The van der Waals surface area contributed by atoms with Gasteiger partial charge in [-0.05, 0) is 49.2 Å². The molecule has 1 heterocycles. The zero-order valence-corrected chi connectivity index (χ0v) is 20.7. The third kappa shape index (κ3) is 4.63. The first kappa shape index (κ1) is 24.4. The predicted octanol–water partition coefficient (Wildman–Crippen LogP) is 4.49. The molecule has 7 heteroatoms. The molecule has 0 amide bonds. The number of esters is 1. The van der Waals surface area contributed by atoms with E-state index in [1.165, 1.54) is 7.11 Å². The van der Waals surface area contributed by atoms with E-state index >= 15 is 0 Å². The molecule has 35 heavy (non-hydrogen) atoms. The molecule has 2 aliphatic rings. The number of ketones is 1. The van der Waals surface area contributed by atoms with Gasteiger partial charge in [-0.3, -0.25) is 4.79 Å². The number of rotatable bonds is 7. The number of fused-ring (bicyclic) bond motifs is 1. The maximum atomic E-state index is 13.7. The summed E-state index contributed by atoms with van der Waals surface area (Å²) in [5, 5.41) is 3.34. The molecule has 0 fully saturated rings. The quantitative estimate of drug-likeness (QED) is 0.588. The monoisotopic (exact) mass is 477 g/mol. The summed E-state index contributed by atoms with van der Waals surface area (Å²) >= 11 is 0. The Kier molecular flexibility index (Phi) is 7.15. The number of nitrogens with one attached hydrogen (secondary N) is 1. The Hall–Kier alpha value is -3.74. The van der Waals surface area contributed by atoms with E-state index < -0.39 is 17.8 Å². The van der Waals surface area contributed by atoms with Crippen molar-refractivity contribution in [2.24, 2.45) is 5.92 Å². The highest BCUT2D eigenvalue weighted by Gasteiger charge is 2.45. The SMILES string of the molecule is CCOc1cccc(C2C(C(=O)OC)=C(C)NC3=CC(c4ccc(OC)c(OC)c4)CC(=O)C32)c1. The average Bonchev–Trinajstić information content (AvgIpc) is 2.87. The van der Waals surface area contributed by atoms with Gasteiger partial charge in [-0.15, -0.1) is 0 Å². The summed E-state index contributed by atoms with van der Waals surface area (Å²) in [4.78, 5) is 26.6. The van der Waals surface area contributed by atoms with Crippen LogP contribution in [0.1, 0.15) is 43.2 Å². The Balaban J connectivity index is 1.80. The van der Waals surface area contributed by atoms with Crippen molar-refractivity contribution in [3.8, 4) is 17.2 Å². The van der Waals surface area contributed by atoms with E-state index in [-0.39, 0.29) is 11.7 Å². The largest absolute Gasteiger partial charge is 0.494 e. The lowest BCUT2D eigenvalue weighted by Gasteiger charge is -2.39. The number of carbonyl (C=O) groups is 2. The van der Waals surface area contributed by atoms with Gasteiger partial charge < -0.3 is 24.3 Å². The van der Waals surface area contributed by atoms with E-state index in [4.69, 9.17) is 18.9 Å². The summed E-state index contributed by atoms with van der Waals surface area (Å²) in [6, 6.07) is 13.3. The maximum absolute atomic E-state index is 13.7. The first-order chi connectivity index (χ1) is 16.9.